The fourth-order valence-corrected chi connectivity index (χ4v) is 3.66. The summed E-state index contributed by atoms with van der Waals surface area (Å²) in [5.74, 6) is 0.794. The molecule has 4 heterocycles. The summed E-state index contributed by atoms with van der Waals surface area (Å²) in [4.78, 5) is 19.7. The van der Waals surface area contributed by atoms with Crippen LogP contribution in [0.4, 0.5) is 5.82 Å². The number of carbonyl (C=O) groups is 1. The average Bonchev–Trinajstić information content (AvgIpc) is 3.10. The van der Waals surface area contributed by atoms with E-state index in [2.05, 4.69) is 21.3 Å². The second kappa shape index (κ2) is 4.45. The number of hydrogen-bond acceptors (Lipinski definition) is 4. The smallest absolute Gasteiger partial charge is 0.170 e. The fraction of sp³-hybridized carbons (Fsp3) is 0.200. The first-order chi connectivity index (χ1) is 9.86. The van der Waals surface area contributed by atoms with Crippen molar-refractivity contribution in [3.05, 3.63) is 52.0 Å². The van der Waals surface area contributed by atoms with Crippen molar-refractivity contribution in [2.45, 2.75) is 13.0 Å². The van der Waals surface area contributed by atoms with Gasteiger partial charge >= 0.3 is 0 Å². The molecule has 4 nitrogen and oxygen atoms in total. The van der Waals surface area contributed by atoms with Crippen LogP contribution in [0.2, 0.25) is 0 Å². The molecule has 0 radical (unpaired) electrons. The van der Waals surface area contributed by atoms with Crippen molar-refractivity contribution in [3.8, 4) is 0 Å². The Morgan fingerprint density at radius 2 is 2.25 bits per heavy atom. The molecule has 0 atom stereocenters. The zero-order chi connectivity index (χ0) is 13.5. The highest BCUT2D eigenvalue weighted by atomic mass is 32.1. The Hall–Kier alpha value is -2.14. The molecule has 0 saturated heterocycles. The fourth-order valence-electron chi connectivity index (χ4n) is 2.77. The maximum Gasteiger partial charge on any atom is 0.170 e. The number of rotatable bonds is 2. The van der Waals surface area contributed by atoms with Gasteiger partial charge in [0, 0.05) is 24.2 Å². The molecule has 5 heteroatoms. The lowest BCUT2D eigenvalue weighted by atomic mass is 10.1. The van der Waals surface area contributed by atoms with Gasteiger partial charge < -0.3 is 4.90 Å². The zero-order valence-corrected chi connectivity index (χ0v) is 11.6. The number of pyridine rings is 1. The minimum Gasteiger partial charge on any atom is -0.350 e. The van der Waals surface area contributed by atoms with Crippen LogP contribution in [0.1, 0.15) is 20.9 Å². The van der Waals surface area contributed by atoms with Crippen molar-refractivity contribution in [3.63, 3.8) is 0 Å². The summed E-state index contributed by atoms with van der Waals surface area (Å²) in [5, 5.41) is 2.14. The monoisotopic (exact) mass is 283 g/mol. The van der Waals surface area contributed by atoms with Crippen molar-refractivity contribution in [1.29, 1.82) is 0 Å². The lowest BCUT2D eigenvalue weighted by Gasteiger charge is -2.27. The SMILES string of the molecule is O=Cc1c(N2CCc3sccc3C2)nc2ccccn12. The normalized spacial score (nSPS) is 14.5. The standard InChI is InChI=1S/C15H13N3OS/c19-10-12-15(16-14-3-1-2-6-18(12)14)17-7-4-13-11(9-17)5-8-20-13/h1-3,5-6,8,10H,4,7,9H2. The van der Waals surface area contributed by atoms with Crippen LogP contribution in [0.5, 0.6) is 0 Å². The average molecular weight is 283 g/mol. The first-order valence-electron chi connectivity index (χ1n) is 6.59. The molecule has 4 rings (SSSR count). The van der Waals surface area contributed by atoms with E-state index in [1.807, 2.05) is 40.1 Å². The van der Waals surface area contributed by atoms with Gasteiger partial charge in [0.05, 0.1) is 0 Å². The van der Waals surface area contributed by atoms with E-state index >= 15 is 0 Å². The molecule has 0 bridgehead atoms. The molecule has 3 aromatic rings. The Labute approximate surface area is 120 Å². The van der Waals surface area contributed by atoms with Gasteiger partial charge in [0.15, 0.2) is 12.1 Å². The third kappa shape index (κ3) is 1.67. The summed E-state index contributed by atoms with van der Waals surface area (Å²) in [6.45, 7) is 1.75. The third-order valence-corrected chi connectivity index (χ3v) is 4.79. The number of thiophene rings is 1. The molecule has 0 saturated carbocycles. The third-order valence-electron chi connectivity index (χ3n) is 3.77. The Morgan fingerprint density at radius 3 is 3.15 bits per heavy atom. The van der Waals surface area contributed by atoms with Crippen LogP contribution in [0.3, 0.4) is 0 Å². The number of imidazole rings is 1. The van der Waals surface area contributed by atoms with Gasteiger partial charge in [0.25, 0.3) is 0 Å². The zero-order valence-electron chi connectivity index (χ0n) is 10.8. The lowest BCUT2D eigenvalue weighted by molar-refractivity contribution is 0.111. The molecule has 1 aliphatic heterocycles. The van der Waals surface area contributed by atoms with Crippen molar-refractivity contribution in [2.24, 2.45) is 0 Å². The van der Waals surface area contributed by atoms with E-state index in [4.69, 9.17) is 0 Å². The van der Waals surface area contributed by atoms with Gasteiger partial charge in [-0.05, 0) is 35.6 Å². The minimum atomic E-state index is 0.638. The number of nitrogens with zero attached hydrogens (tertiary/aromatic N) is 3. The number of anilines is 1. The van der Waals surface area contributed by atoms with E-state index in [1.165, 1.54) is 10.4 Å². The summed E-state index contributed by atoms with van der Waals surface area (Å²) < 4.78 is 1.85. The Kier molecular flexibility index (Phi) is 2.60. The first-order valence-corrected chi connectivity index (χ1v) is 7.47. The maximum atomic E-state index is 11.5. The van der Waals surface area contributed by atoms with Gasteiger partial charge in [-0.2, -0.15) is 0 Å². The van der Waals surface area contributed by atoms with Gasteiger partial charge in [-0.3, -0.25) is 9.20 Å². The molecule has 0 fully saturated rings. The molecule has 0 unspecified atom stereocenters. The number of aldehydes is 1. The predicted octanol–water partition coefficient (Wildman–Crippen LogP) is 2.77. The highest BCUT2D eigenvalue weighted by molar-refractivity contribution is 7.10. The van der Waals surface area contributed by atoms with Gasteiger partial charge in [-0.25, -0.2) is 4.98 Å². The molecule has 20 heavy (non-hydrogen) atoms. The van der Waals surface area contributed by atoms with Crippen LogP contribution in [0.15, 0.2) is 35.8 Å². The van der Waals surface area contributed by atoms with Gasteiger partial charge in [0.2, 0.25) is 0 Å². The summed E-state index contributed by atoms with van der Waals surface area (Å²) in [6.07, 6.45) is 3.81. The summed E-state index contributed by atoms with van der Waals surface area (Å²) in [7, 11) is 0. The van der Waals surface area contributed by atoms with Crippen LogP contribution in [-0.2, 0) is 13.0 Å². The van der Waals surface area contributed by atoms with Gasteiger partial charge in [-0.15, -0.1) is 11.3 Å². The largest absolute Gasteiger partial charge is 0.350 e. The number of hydrogen-bond donors (Lipinski definition) is 0. The molecule has 100 valence electrons. The maximum absolute atomic E-state index is 11.5. The van der Waals surface area contributed by atoms with E-state index in [9.17, 15) is 4.79 Å². The summed E-state index contributed by atoms with van der Waals surface area (Å²) in [6, 6.07) is 7.95. The Bertz CT molecular complexity index is 789. The molecular weight excluding hydrogens is 270 g/mol. The number of carbonyl (C=O) groups excluding carboxylic acids is 1. The topological polar surface area (TPSA) is 37.6 Å². The highest BCUT2D eigenvalue weighted by Gasteiger charge is 2.22. The highest BCUT2D eigenvalue weighted by Crippen LogP contribution is 2.29. The van der Waals surface area contributed by atoms with Gasteiger partial charge in [-0.1, -0.05) is 6.07 Å². The summed E-state index contributed by atoms with van der Waals surface area (Å²) in [5.41, 5.74) is 2.81. The molecule has 3 aromatic heterocycles. The van der Waals surface area contributed by atoms with Crippen molar-refractivity contribution >= 4 is 29.1 Å². The van der Waals surface area contributed by atoms with E-state index in [-0.39, 0.29) is 0 Å². The van der Waals surface area contributed by atoms with Crippen LogP contribution in [0, 0.1) is 0 Å². The second-order valence-corrected chi connectivity index (χ2v) is 5.91. The van der Waals surface area contributed by atoms with Gasteiger partial charge in [0.1, 0.15) is 11.3 Å². The van der Waals surface area contributed by atoms with Crippen LogP contribution in [0.25, 0.3) is 5.65 Å². The minimum absolute atomic E-state index is 0.638. The predicted molar refractivity (Wildman–Crippen MR) is 79.7 cm³/mol. The second-order valence-electron chi connectivity index (χ2n) is 4.91. The quantitative estimate of drug-likeness (QED) is 0.679. The Morgan fingerprint density at radius 1 is 1.30 bits per heavy atom. The van der Waals surface area contributed by atoms with E-state index in [0.717, 1.165) is 37.3 Å². The van der Waals surface area contributed by atoms with E-state index < -0.39 is 0 Å². The van der Waals surface area contributed by atoms with Crippen LogP contribution < -0.4 is 4.90 Å². The Balaban J connectivity index is 1.81. The molecule has 1 aliphatic rings. The molecule has 0 spiro atoms. The molecule has 0 N–H and O–H groups in total. The van der Waals surface area contributed by atoms with E-state index in [0.29, 0.717) is 5.69 Å². The molecular formula is C15H13N3OS. The van der Waals surface area contributed by atoms with Crippen molar-refractivity contribution in [2.75, 3.05) is 11.4 Å². The molecule has 0 amide bonds. The molecule has 0 aliphatic carbocycles. The lowest BCUT2D eigenvalue weighted by Crippen LogP contribution is -2.30. The molecule has 0 aromatic carbocycles. The number of fused-ring (bicyclic) bond motifs is 2. The first kappa shape index (κ1) is 11.7. The van der Waals surface area contributed by atoms with Crippen LogP contribution in [-0.4, -0.2) is 22.2 Å². The van der Waals surface area contributed by atoms with Crippen molar-refractivity contribution < 1.29 is 4.79 Å². The van der Waals surface area contributed by atoms with Crippen LogP contribution >= 0.6 is 11.3 Å². The van der Waals surface area contributed by atoms with E-state index in [1.54, 1.807) is 0 Å². The summed E-state index contributed by atoms with van der Waals surface area (Å²) >= 11 is 1.82. The number of aromatic nitrogens is 2. The van der Waals surface area contributed by atoms with Crippen molar-refractivity contribution in [1.82, 2.24) is 9.38 Å².